The van der Waals surface area contributed by atoms with Crippen molar-refractivity contribution in [1.29, 1.82) is 0 Å². The summed E-state index contributed by atoms with van der Waals surface area (Å²) in [5.41, 5.74) is 5.44. The minimum absolute atomic E-state index is 0.261. The molecule has 39 heavy (non-hydrogen) atoms. The Kier molecular flexibility index (Phi) is 10.4. The van der Waals surface area contributed by atoms with Gasteiger partial charge in [-0.15, -0.1) is 0 Å². The van der Waals surface area contributed by atoms with E-state index >= 15 is 0 Å². The van der Waals surface area contributed by atoms with Gasteiger partial charge in [-0.25, -0.2) is 11.7 Å². The molecule has 3 aromatic rings. The van der Waals surface area contributed by atoms with Crippen molar-refractivity contribution in [3.05, 3.63) is 101 Å². The van der Waals surface area contributed by atoms with E-state index in [-0.39, 0.29) is 12.3 Å². The van der Waals surface area contributed by atoms with E-state index in [0.29, 0.717) is 27.5 Å². The van der Waals surface area contributed by atoms with Crippen LogP contribution < -0.4 is 44.4 Å². The van der Waals surface area contributed by atoms with Crippen LogP contribution in [0.2, 0.25) is 5.02 Å². The van der Waals surface area contributed by atoms with Gasteiger partial charge in [0, 0.05) is 34.3 Å². The fourth-order valence-corrected chi connectivity index (χ4v) is 3.79. The molecule has 0 aliphatic carbocycles. The highest BCUT2D eigenvalue weighted by Gasteiger charge is 2.21. The maximum atomic E-state index is 13.2. The van der Waals surface area contributed by atoms with Gasteiger partial charge in [0.15, 0.2) is 5.84 Å². The van der Waals surface area contributed by atoms with Gasteiger partial charge in [-0.2, -0.15) is 10.2 Å². The van der Waals surface area contributed by atoms with Gasteiger partial charge in [0.1, 0.15) is 12.4 Å². The van der Waals surface area contributed by atoms with Gasteiger partial charge >= 0.3 is 0 Å². The number of amides is 2. The summed E-state index contributed by atoms with van der Waals surface area (Å²) in [7, 11) is 0. The Morgan fingerprint density at radius 3 is 2.38 bits per heavy atom. The number of nitrogens with zero attached hydrogens (tertiary/aromatic N) is 3. The van der Waals surface area contributed by atoms with Crippen LogP contribution in [0.25, 0.3) is 6.08 Å². The first-order chi connectivity index (χ1) is 18.8. The monoisotopic (exact) mass is 548 g/mol. The standard InChI is InChI=1S/C26H29ClN10O2/c27-20-9-12-23(37(31)16-32-28)19(15-20)8-13-24(38)34-22(14-17-4-2-1-3-5-17)26(39)33-21-10-6-18(7-11-21)25(35-29)36-30/h1-13,15-16,22H,14,28-31H2,(H,33,39)(H,34,38)(H,35,36)/b13-8+,32-16-. The highest BCUT2D eigenvalue weighted by Crippen LogP contribution is 2.23. The van der Waals surface area contributed by atoms with E-state index in [9.17, 15) is 9.59 Å². The number of carbonyl (C=O) groups is 2. The fraction of sp³-hybridized carbons (Fsp3) is 0.0769. The summed E-state index contributed by atoms with van der Waals surface area (Å²) in [6.45, 7) is 0. The molecule has 3 aromatic carbocycles. The first kappa shape index (κ1) is 28.7. The van der Waals surface area contributed by atoms with Crippen molar-refractivity contribution in [3.63, 3.8) is 0 Å². The number of benzene rings is 3. The summed E-state index contributed by atoms with van der Waals surface area (Å²) in [6, 6.07) is 20.1. The largest absolute Gasteiger partial charge is 0.340 e. The van der Waals surface area contributed by atoms with Crippen molar-refractivity contribution >= 4 is 53.0 Å². The van der Waals surface area contributed by atoms with E-state index < -0.39 is 17.9 Å². The summed E-state index contributed by atoms with van der Waals surface area (Å²) >= 11 is 6.12. The molecule has 11 N–H and O–H groups in total. The molecule has 202 valence electrons. The lowest BCUT2D eigenvalue weighted by Crippen LogP contribution is -2.44. The zero-order valence-corrected chi connectivity index (χ0v) is 21.5. The normalized spacial score (nSPS) is 12.3. The van der Waals surface area contributed by atoms with Crippen molar-refractivity contribution in [2.45, 2.75) is 12.5 Å². The molecule has 2 amide bonds. The number of nitrogens with one attached hydrogen (secondary N) is 3. The molecule has 0 aromatic heterocycles. The van der Waals surface area contributed by atoms with E-state index in [0.717, 1.165) is 5.56 Å². The number of hydrogen-bond acceptors (Lipinski definition) is 8. The zero-order valence-electron chi connectivity index (χ0n) is 20.8. The third-order valence-corrected chi connectivity index (χ3v) is 5.72. The molecule has 0 heterocycles. The zero-order chi connectivity index (χ0) is 28.2. The summed E-state index contributed by atoms with van der Waals surface area (Å²) in [5.74, 6) is 21.2. The second kappa shape index (κ2) is 14.1. The fourth-order valence-electron chi connectivity index (χ4n) is 3.61. The molecule has 0 saturated carbocycles. The van der Waals surface area contributed by atoms with Crippen molar-refractivity contribution < 1.29 is 9.59 Å². The van der Waals surface area contributed by atoms with E-state index in [2.05, 4.69) is 26.3 Å². The highest BCUT2D eigenvalue weighted by molar-refractivity contribution is 6.30. The van der Waals surface area contributed by atoms with E-state index in [1.54, 1.807) is 42.5 Å². The average molecular weight is 549 g/mol. The second-order valence-electron chi connectivity index (χ2n) is 8.15. The molecule has 1 atom stereocenters. The van der Waals surface area contributed by atoms with Crippen LogP contribution in [0.1, 0.15) is 16.7 Å². The van der Waals surface area contributed by atoms with Gasteiger partial charge in [-0.1, -0.05) is 41.9 Å². The maximum absolute atomic E-state index is 13.2. The number of hydrogen-bond donors (Lipinski definition) is 7. The Labute approximate surface area is 230 Å². The number of nitrogens with two attached hydrogens (primary N) is 4. The van der Waals surface area contributed by atoms with Gasteiger partial charge in [-0.05, 0) is 54.1 Å². The van der Waals surface area contributed by atoms with Crippen molar-refractivity contribution in [1.82, 2.24) is 10.7 Å². The molecular weight excluding hydrogens is 520 g/mol. The van der Waals surface area contributed by atoms with Crippen LogP contribution >= 0.6 is 11.6 Å². The molecule has 0 aliphatic rings. The van der Waals surface area contributed by atoms with Crippen LogP contribution in [0, 0.1) is 0 Å². The van der Waals surface area contributed by atoms with Gasteiger partial charge in [-0.3, -0.25) is 14.6 Å². The minimum atomic E-state index is -0.884. The van der Waals surface area contributed by atoms with Gasteiger partial charge < -0.3 is 27.7 Å². The van der Waals surface area contributed by atoms with Crippen LogP contribution in [0.5, 0.6) is 0 Å². The maximum Gasteiger partial charge on any atom is 0.247 e. The lowest BCUT2D eigenvalue weighted by Gasteiger charge is -2.18. The smallest absolute Gasteiger partial charge is 0.247 e. The Morgan fingerprint density at radius 1 is 1.03 bits per heavy atom. The first-order valence-electron chi connectivity index (χ1n) is 11.6. The summed E-state index contributed by atoms with van der Waals surface area (Å²) in [5, 5.41) is 14.2. The van der Waals surface area contributed by atoms with Gasteiger partial charge in [0.25, 0.3) is 0 Å². The lowest BCUT2D eigenvalue weighted by molar-refractivity contribution is -0.123. The summed E-state index contributed by atoms with van der Waals surface area (Å²) in [6.07, 6.45) is 4.29. The molecule has 0 fully saturated rings. The van der Waals surface area contributed by atoms with Gasteiger partial charge in [0.2, 0.25) is 11.8 Å². The number of halogens is 1. The Morgan fingerprint density at radius 2 is 1.74 bits per heavy atom. The van der Waals surface area contributed by atoms with Crippen LogP contribution in [-0.2, 0) is 16.0 Å². The van der Waals surface area contributed by atoms with Crippen LogP contribution in [0.15, 0.2) is 89.1 Å². The molecular formula is C26H29ClN10O2. The third-order valence-electron chi connectivity index (χ3n) is 5.48. The van der Waals surface area contributed by atoms with Crippen molar-refractivity contribution in [3.8, 4) is 0 Å². The molecule has 0 bridgehead atoms. The van der Waals surface area contributed by atoms with Crippen LogP contribution in [0.3, 0.4) is 0 Å². The van der Waals surface area contributed by atoms with E-state index in [1.165, 1.54) is 23.5 Å². The Hall–Kier alpha value is -4.91. The molecule has 13 heteroatoms. The Balaban J connectivity index is 1.79. The average Bonchev–Trinajstić information content (AvgIpc) is 2.94. The number of amidine groups is 1. The van der Waals surface area contributed by atoms with E-state index in [4.69, 9.17) is 35.0 Å². The first-order valence-corrected chi connectivity index (χ1v) is 12.0. The number of hydrazone groups is 2. The number of anilines is 2. The molecule has 0 spiro atoms. The van der Waals surface area contributed by atoms with Crippen LogP contribution in [-0.4, -0.2) is 30.0 Å². The lowest BCUT2D eigenvalue weighted by atomic mass is 10.0. The third kappa shape index (κ3) is 8.30. The quantitative estimate of drug-likeness (QED) is 0.0646. The summed E-state index contributed by atoms with van der Waals surface area (Å²) in [4.78, 5) is 26.1. The van der Waals surface area contributed by atoms with Crippen molar-refractivity contribution in [2.75, 3.05) is 10.3 Å². The molecule has 12 nitrogen and oxygen atoms in total. The van der Waals surface area contributed by atoms with Crippen LogP contribution in [0.4, 0.5) is 11.4 Å². The summed E-state index contributed by atoms with van der Waals surface area (Å²) < 4.78 is 0. The van der Waals surface area contributed by atoms with Crippen molar-refractivity contribution in [2.24, 2.45) is 33.6 Å². The number of rotatable bonds is 10. The SMILES string of the molecule is N/N=C\N(N)c1ccc(Cl)cc1/C=C/C(=O)NC(Cc1ccccc1)C(=O)Nc1ccc(/C(=N/N)NN)cc1. The predicted octanol–water partition coefficient (Wildman–Crippen LogP) is 1.39. The molecule has 0 radical (unpaired) electrons. The highest BCUT2D eigenvalue weighted by atomic mass is 35.5. The predicted molar refractivity (Wildman–Crippen MR) is 155 cm³/mol. The number of hydrazine groups is 2. The van der Waals surface area contributed by atoms with Gasteiger partial charge in [0.05, 0.1) is 5.69 Å². The molecule has 0 aliphatic heterocycles. The number of carbonyl (C=O) groups excluding carboxylic acids is 2. The molecule has 1 unspecified atom stereocenters. The molecule has 0 saturated heterocycles. The second-order valence-corrected chi connectivity index (χ2v) is 8.58. The topological polar surface area (TPSA) is 202 Å². The molecule has 3 rings (SSSR count). The van der Waals surface area contributed by atoms with E-state index in [1.807, 2.05) is 30.3 Å². The Bertz CT molecular complexity index is 1360. The minimum Gasteiger partial charge on any atom is -0.340 e.